The first-order valence-corrected chi connectivity index (χ1v) is 7.45. The zero-order valence-corrected chi connectivity index (χ0v) is 13.8. The lowest BCUT2D eigenvalue weighted by Gasteiger charge is -2.21. The predicted octanol–water partition coefficient (Wildman–Crippen LogP) is 2.47. The molecule has 114 valence electrons. The molecule has 7 heteroatoms. The van der Waals surface area contributed by atoms with E-state index >= 15 is 0 Å². The highest BCUT2D eigenvalue weighted by Gasteiger charge is 2.33. The number of pyridine rings is 1. The Morgan fingerprint density at radius 2 is 2.19 bits per heavy atom. The second-order valence-electron chi connectivity index (χ2n) is 5.89. The molecule has 0 unspecified atom stereocenters. The van der Waals surface area contributed by atoms with Crippen molar-refractivity contribution in [1.82, 2.24) is 10.3 Å². The Morgan fingerprint density at radius 1 is 1.48 bits per heavy atom. The summed E-state index contributed by atoms with van der Waals surface area (Å²) in [7, 11) is 0. The van der Waals surface area contributed by atoms with Gasteiger partial charge in [0, 0.05) is 23.6 Å². The summed E-state index contributed by atoms with van der Waals surface area (Å²) < 4.78 is 6.04. The molecule has 2 rings (SSSR count). The van der Waals surface area contributed by atoms with Gasteiger partial charge in [0.1, 0.15) is 11.4 Å². The molecule has 21 heavy (non-hydrogen) atoms. The number of amides is 2. The van der Waals surface area contributed by atoms with Crippen LogP contribution in [-0.2, 0) is 9.53 Å². The summed E-state index contributed by atoms with van der Waals surface area (Å²) in [5.41, 5.74) is -0.556. The van der Waals surface area contributed by atoms with E-state index < -0.39 is 11.7 Å². The Hall–Kier alpha value is -1.63. The van der Waals surface area contributed by atoms with Crippen molar-refractivity contribution < 1.29 is 14.3 Å². The zero-order valence-electron chi connectivity index (χ0n) is 12.2. The van der Waals surface area contributed by atoms with Crippen LogP contribution in [-0.4, -0.2) is 35.2 Å². The Balaban J connectivity index is 1.96. The van der Waals surface area contributed by atoms with Crippen LogP contribution in [0.4, 0.5) is 10.6 Å². The van der Waals surface area contributed by atoms with Gasteiger partial charge in [0.2, 0.25) is 5.91 Å². The van der Waals surface area contributed by atoms with Gasteiger partial charge < -0.3 is 10.1 Å². The number of aromatic nitrogens is 1. The predicted molar refractivity (Wildman–Crippen MR) is 82.1 cm³/mol. The molecule has 0 saturated carbocycles. The Morgan fingerprint density at radius 3 is 2.76 bits per heavy atom. The van der Waals surface area contributed by atoms with Crippen LogP contribution < -0.4 is 10.2 Å². The quantitative estimate of drug-likeness (QED) is 0.884. The lowest BCUT2D eigenvalue weighted by molar-refractivity contribution is -0.117. The minimum atomic E-state index is -0.556. The monoisotopic (exact) mass is 355 g/mol. The second kappa shape index (κ2) is 6.01. The van der Waals surface area contributed by atoms with Gasteiger partial charge >= 0.3 is 6.09 Å². The molecule has 1 aliphatic heterocycles. The second-order valence-corrected chi connectivity index (χ2v) is 6.80. The fraction of sp³-hybridized carbons (Fsp3) is 0.500. The summed E-state index contributed by atoms with van der Waals surface area (Å²) in [5, 5.41) is 2.72. The van der Waals surface area contributed by atoms with Gasteiger partial charge in [-0.3, -0.25) is 9.69 Å². The molecule has 0 bridgehead atoms. The molecule has 1 aromatic heterocycles. The summed E-state index contributed by atoms with van der Waals surface area (Å²) >= 11 is 3.30. The fourth-order valence-electron chi connectivity index (χ4n) is 2.03. The van der Waals surface area contributed by atoms with Gasteiger partial charge in [0.15, 0.2) is 0 Å². The van der Waals surface area contributed by atoms with Gasteiger partial charge in [-0.15, -0.1) is 0 Å². The highest BCUT2D eigenvalue weighted by molar-refractivity contribution is 9.10. The number of rotatable bonds is 2. The molecule has 2 heterocycles. The third kappa shape index (κ3) is 4.42. The van der Waals surface area contributed by atoms with Crippen LogP contribution >= 0.6 is 15.9 Å². The van der Waals surface area contributed by atoms with Gasteiger partial charge in [-0.05, 0) is 48.8 Å². The van der Waals surface area contributed by atoms with Gasteiger partial charge in [-0.1, -0.05) is 0 Å². The third-order valence-electron chi connectivity index (χ3n) is 2.83. The number of hydrogen-bond acceptors (Lipinski definition) is 4. The van der Waals surface area contributed by atoms with Crippen molar-refractivity contribution in [3.8, 4) is 0 Å². The van der Waals surface area contributed by atoms with E-state index in [1.807, 2.05) is 6.07 Å². The molecular weight excluding hydrogens is 338 g/mol. The van der Waals surface area contributed by atoms with Gasteiger partial charge in [-0.25, -0.2) is 9.78 Å². The van der Waals surface area contributed by atoms with Crippen molar-refractivity contribution in [3.05, 3.63) is 22.8 Å². The Bertz CT molecular complexity index is 539. The van der Waals surface area contributed by atoms with Crippen molar-refractivity contribution in [2.24, 2.45) is 0 Å². The van der Waals surface area contributed by atoms with Crippen LogP contribution in [0.3, 0.4) is 0 Å². The Labute approximate surface area is 132 Å². The summed E-state index contributed by atoms with van der Waals surface area (Å²) in [6, 6.07) is 3.32. The largest absolute Gasteiger partial charge is 0.444 e. The third-order valence-corrected chi connectivity index (χ3v) is 3.30. The number of carbonyl (C=O) groups excluding carboxylic acids is 2. The number of carbonyl (C=O) groups is 2. The van der Waals surface area contributed by atoms with Crippen molar-refractivity contribution in [2.75, 3.05) is 11.4 Å². The fourth-order valence-corrected chi connectivity index (χ4v) is 2.26. The van der Waals surface area contributed by atoms with Crippen LogP contribution in [0, 0.1) is 0 Å². The number of nitrogens with zero attached hydrogens (tertiary/aromatic N) is 2. The standard InChI is InChI=1S/C14H18BrN3O3/c1-14(2,3)21-13(20)17-10-6-12(19)18(8-10)11-5-4-9(15)7-16-11/h4-5,7,10H,6,8H2,1-3H3,(H,17,20)/t10-/m0/s1. The lowest BCUT2D eigenvalue weighted by Crippen LogP contribution is -2.40. The van der Waals surface area contributed by atoms with Crippen LogP contribution in [0.25, 0.3) is 0 Å². The summed E-state index contributed by atoms with van der Waals surface area (Å²) in [6.07, 6.45) is 1.37. The summed E-state index contributed by atoms with van der Waals surface area (Å²) in [5.74, 6) is 0.516. The molecule has 0 aromatic carbocycles. The van der Waals surface area contributed by atoms with E-state index in [1.165, 1.54) is 0 Å². The first kappa shape index (κ1) is 15.8. The zero-order chi connectivity index (χ0) is 15.6. The highest BCUT2D eigenvalue weighted by Crippen LogP contribution is 2.21. The maximum Gasteiger partial charge on any atom is 0.407 e. The molecule has 1 aromatic rings. The minimum absolute atomic E-state index is 0.0640. The maximum absolute atomic E-state index is 12.0. The maximum atomic E-state index is 12.0. The average Bonchev–Trinajstić information content (AvgIpc) is 2.68. The highest BCUT2D eigenvalue weighted by atomic mass is 79.9. The molecule has 2 amide bonds. The van der Waals surface area contributed by atoms with E-state index in [0.717, 1.165) is 4.47 Å². The van der Waals surface area contributed by atoms with Crippen molar-refractivity contribution in [2.45, 2.75) is 38.8 Å². The topological polar surface area (TPSA) is 71.5 Å². The van der Waals surface area contributed by atoms with Crippen molar-refractivity contribution in [3.63, 3.8) is 0 Å². The van der Waals surface area contributed by atoms with Crippen LogP contribution in [0.5, 0.6) is 0 Å². The van der Waals surface area contributed by atoms with Gasteiger partial charge in [0.05, 0.1) is 6.04 Å². The van der Waals surface area contributed by atoms with E-state index in [2.05, 4.69) is 26.2 Å². The van der Waals surface area contributed by atoms with E-state index in [0.29, 0.717) is 12.4 Å². The molecule has 6 nitrogen and oxygen atoms in total. The first-order valence-electron chi connectivity index (χ1n) is 6.66. The smallest absolute Gasteiger partial charge is 0.407 e. The molecule has 1 N–H and O–H groups in total. The Kier molecular flexibility index (Phi) is 4.51. The van der Waals surface area contributed by atoms with E-state index in [1.54, 1.807) is 37.9 Å². The molecule has 0 radical (unpaired) electrons. The van der Waals surface area contributed by atoms with Crippen LogP contribution in [0.2, 0.25) is 0 Å². The van der Waals surface area contributed by atoms with Gasteiger partial charge in [-0.2, -0.15) is 0 Å². The number of halogens is 1. The first-order chi connectivity index (χ1) is 9.74. The summed E-state index contributed by atoms with van der Waals surface area (Å²) in [4.78, 5) is 29.5. The molecular formula is C14H18BrN3O3. The number of alkyl carbamates (subject to hydrolysis) is 1. The minimum Gasteiger partial charge on any atom is -0.444 e. The number of nitrogens with one attached hydrogen (secondary N) is 1. The van der Waals surface area contributed by atoms with Crippen LogP contribution in [0.15, 0.2) is 22.8 Å². The number of hydrogen-bond donors (Lipinski definition) is 1. The normalized spacial score (nSPS) is 18.8. The number of anilines is 1. The number of ether oxygens (including phenoxy) is 1. The molecule has 0 spiro atoms. The SMILES string of the molecule is CC(C)(C)OC(=O)N[C@H]1CC(=O)N(c2ccc(Br)cn2)C1. The molecule has 1 saturated heterocycles. The summed E-state index contributed by atoms with van der Waals surface area (Å²) in [6.45, 7) is 5.78. The molecule has 1 atom stereocenters. The van der Waals surface area contributed by atoms with Gasteiger partial charge in [0.25, 0.3) is 0 Å². The van der Waals surface area contributed by atoms with E-state index in [4.69, 9.17) is 4.74 Å². The van der Waals surface area contributed by atoms with E-state index in [-0.39, 0.29) is 18.4 Å². The lowest BCUT2D eigenvalue weighted by atomic mass is 10.2. The van der Waals surface area contributed by atoms with Crippen molar-refractivity contribution in [1.29, 1.82) is 0 Å². The molecule has 0 aliphatic carbocycles. The molecule has 1 aliphatic rings. The van der Waals surface area contributed by atoms with Crippen molar-refractivity contribution >= 4 is 33.7 Å². The van der Waals surface area contributed by atoms with E-state index in [9.17, 15) is 9.59 Å². The van der Waals surface area contributed by atoms with Crippen LogP contribution in [0.1, 0.15) is 27.2 Å². The average molecular weight is 356 g/mol. The molecule has 1 fully saturated rings.